The number of rotatable bonds is 7. The number of aryl methyl sites for hydroxylation is 1. The molecule has 0 aliphatic carbocycles. The zero-order chi connectivity index (χ0) is 12.7. The fourth-order valence-corrected chi connectivity index (χ4v) is 2.21. The molecule has 1 aromatic rings. The lowest BCUT2D eigenvalue weighted by molar-refractivity contribution is 0.0493. The maximum Gasteiger partial charge on any atom is 0.0741 e. The zero-order valence-electron chi connectivity index (χ0n) is 11.5. The fourth-order valence-electron chi connectivity index (χ4n) is 2.21. The van der Waals surface area contributed by atoms with Crippen LogP contribution in [0.1, 0.15) is 44.4 Å². The first-order valence-corrected chi connectivity index (χ1v) is 6.60. The number of benzene rings is 1. The monoisotopic (exact) mass is 235 g/mol. The minimum atomic E-state index is 0.196. The minimum Gasteiger partial charge on any atom is -0.377 e. The second-order valence-electron chi connectivity index (χ2n) is 4.42. The minimum absolute atomic E-state index is 0.196. The van der Waals surface area contributed by atoms with E-state index in [9.17, 15) is 0 Å². The van der Waals surface area contributed by atoms with Crippen LogP contribution in [0.15, 0.2) is 24.3 Å². The number of nitrogens with one attached hydrogen (secondary N) is 1. The van der Waals surface area contributed by atoms with Crippen LogP contribution in [0.25, 0.3) is 0 Å². The second kappa shape index (κ2) is 7.46. The van der Waals surface area contributed by atoms with Gasteiger partial charge in [-0.25, -0.2) is 0 Å². The van der Waals surface area contributed by atoms with Gasteiger partial charge in [0.2, 0.25) is 0 Å². The fraction of sp³-hybridized carbons (Fsp3) is 0.600. The molecule has 2 heteroatoms. The SMILES string of the molecule is CCCc1ccc(C(NC)C(C)OCC)cc1. The molecule has 0 bridgehead atoms. The van der Waals surface area contributed by atoms with Crippen LogP contribution in [0.3, 0.4) is 0 Å². The Balaban J connectivity index is 2.74. The van der Waals surface area contributed by atoms with Crippen LogP contribution in [0, 0.1) is 0 Å². The van der Waals surface area contributed by atoms with Crippen molar-refractivity contribution in [3.8, 4) is 0 Å². The van der Waals surface area contributed by atoms with E-state index in [0.29, 0.717) is 0 Å². The highest BCUT2D eigenvalue weighted by atomic mass is 16.5. The van der Waals surface area contributed by atoms with E-state index >= 15 is 0 Å². The molecule has 96 valence electrons. The van der Waals surface area contributed by atoms with Crippen LogP contribution < -0.4 is 5.32 Å². The quantitative estimate of drug-likeness (QED) is 0.782. The van der Waals surface area contributed by atoms with E-state index in [0.717, 1.165) is 13.0 Å². The summed E-state index contributed by atoms with van der Waals surface area (Å²) >= 11 is 0. The van der Waals surface area contributed by atoms with Gasteiger partial charge in [-0.3, -0.25) is 0 Å². The molecule has 2 nitrogen and oxygen atoms in total. The lowest BCUT2D eigenvalue weighted by atomic mass is 10.00. The second-order valence-corrected chi connectivity index (χ2v) is 4.42. The van der Waals surface area contributed by atoms with Gasteiger partial charge in [-0.05, 0) is 38.4 Å². The molecule has 0 saturated carbocycles. The molecule has 2 atom stereocenters. The molecule has 1 aromatic carbocycles. The van der Waals surface area contributed by atoms with Crippen LogP contribution in [-0.4, -0.2) is 19.8 Å². The number of ether oxygens (including phenoxy) is 1. The van der Waals surface area contributed by atoms with E-state index in [-0.39, 0.29) is 12.1 Å². The number of hydrogen-bond donors (Lipinski definition) is 1. The van der Waals surface area contributed by atoms with Crippen molar-refractivity contribution in [3.05, 3.63) is 35.4 Å². The summed E-state index contributed by atoms with van der Waals surface area (Å²) in [5.41, 5.74) is 2.71. The van der Waals surface area contributed by atoms with E-state index in [2.05, 4.69) is 43.4 Å². The largest absolute Gasteiger partial charge is 0.377 e. The van der Waals surface area contributed by atoms with E-state index in [1.807, 2.05) is 14.0 Å². The Hall–Kier alpha value is -0.860. The molecular weight excluding hydrogens is 210 g/mol. The van der Waals surface area contributed by atoms with Crippen LogP contribution >= 0.6 is 0 Å². The van der Waals surface area contributed by atoms with Gasteiger partial charge in [-0.2, -0.15) is 0 Å². The lowest BCUT2D eigenvalue weighted by Crippen LogP contribution is -2.29. The van der Waals surface area contributed by atoms with Crippen molar-refractivity contribution in [2.75, 3.05) is 13.7 Å². The molecule has 0 radical (unpaired) electrons. The molecular formula is C15H25NO. The highest BCUT2D eigenvalue weighted by Crippen LogP contribution is 2.19. The molecule has 0 amide bonds. The lowest BCUT2D eigenvalue weighted by Gasteiger charge is -2.24. The smallest absolute Gasteiger partial charge is 0.0741 e. The summed E-state index contributed by atoms with van der Waals surface area (Å²) in [5, 5.41) is 3.33. The summed E-state index contributed by atoms with van der Waals surface area (Å²) < 4.78 is 5.66. The number of hydrogen-bond acceptors (Lipinski definition) is 2. The summed E-state index contributed by atoms with van der Waals surface area (Å²) in [7, 11) is 1.99. The van der Waals surface area contributed by atoms with Gasteiger partial charge in [0, 0.05) is 6.61 Å². The van der Waals surface area contributed by atoms with Crippen molar-refractivity contribution in [1.29, 1.82) is 0 Å². The predicted molar refractivity (Wildman–Crippen MR) is 73.3 cm³/mol. The van der Waals surface area contributed by atoms with Crippen LogP contribution in [-0.2, 0) is 11.2 Å². The Morgan fingerprint density at radius 1 is 1.18 bits per heavy atom. The molecule has 2 unspecified atom stereocenters. The molecule has 0 heterocycles. The van der Waals surface area contributed by atoms with Crippen molar-refractivity contribution in [3.63, 3.8) is 0 Å². The Bertz CT molecular complexity index is 307. The van der Waals surface area contributed by atoms with Crippen molar-refractivity contribution in [2.45, 2.75) is 45.8 Å². The Morgan fingerprint density at radius 2 is 1.82 bits per heavy atom. The molecule has 0 aliphatic heterocycles. The van der Waals surface area contributed by atoms with Crippen LogP contribution in [0.2, 0.25) is 0 Å². The van der Waals surface area contributed by atoms with E-state index in [4.69, 9.17) is 4.74 Å². The average molecular weight is 235 g/mol. The van der Waals surface area contributed by atoms with Gasteiger partial charge in [0.25, 0.3) is 0 Å². The standard InChI is InChI=1S/C15H25NO/c1-5-7-13-8-10-14(11-9-13)15(16-4)12(3)17-6-2/h8-12,15-16H,5-7H2,1-4H3. The summed E-state index contributed by atoms with van der Waals surface area (Å²) in [6.45, 7) is 7.12. The van der Waals surface area contributed by atoms with Gasteiger partial charge < -0.3 is 10.1 Å². The van der Waals surface area contributed by atoms with Crippen LogP contribution in [0.5, 0.6) is 0 Å². The summed E-state index contributed by atoms with van der Waals surface area (Å²) in [6.07, 6.45) is 2.55. The molecule has 17 heavy (non-hydrogen) atoms. The maximum atomic E-state index is 5.66. The molecule has 0 aliphatic rings. The first-order chi connectivity index (χ1) is 8.22. The molecule has 1 rings (SSSR count). The Morgan fingerprint density at radius 3 is 2.29 bits per heavy atom. The van der Waals surface area contributed by atoms with E-state index in [1.165, 1.54) is 17.5 Å². The maximum absolute atomic E-state index is 5.66. The van der Waals surface area contributed by atoms with Crippen LogP contribution in [0.4, 0.5) is 0 Å². The highest BCUT2D eigenvalue weighted by molar-refractivity contribution is 5.25. The third kappa shape index (κ3) is 4.14. The molecule has 1 N–H and O–H groups in total. The van der Waals surface area contributed by atoms with E-state index < -0.39 is 0 Å². The van der Waals surface area contributed by atoms with Gasteiger partial charge in [-0.15, -0.1) is 0 Å². The van der Waals surface area contributed by atoms with Crippen molar-refractivity contribution < 1.29 is 4.74 Å². The third-order valence-electron chi connectivity index (χ3n) is 3.09. The van der Waals surface area contributed by atoms with Crippen molar-refractivity contribution in [1.82, 2.24) is 5.32 Å². The van der Waals surface area contributed by atoms with Crippen molar-refractivity contribution >= 4 is 0 Å². The third-order valence-corrected chi connectivity index (χ3v) is 3.09. The topological polar surface area (TPSA) is 21.3 Å². The molecule has 0 aromatic heterocycles. The van der Waals surface area contributed by atoms with Gasteiger partial charge in [-0.1, -0.05) is 37.6 Å². The van der Waals surface area contributed by atoms with Gasteiger partial charge in [0.05, 0.1) is 12.1 Å². The molecule has 0 saturated heterocycles. The first-order valence-electron chi connectivity index (χ1n) is 6.60. The molecule has 0 fully saturated rings. The van der Waals surface area contributed by atoms with Crippen molar-refractivity contribution in [2.24, 2.45) is 0 Å². The highest BCUT2D eigenvalue weighted by Gasteiger charge is 2.17. The first kappa shape index (κ1) is 14.2. The Kier molecular flexibility index (Phi) is 6.23. The Labute approximate surface area is 105 Å². The zero-order valence-corrected chi connectivity index (χ0v) is 11.5. The van der Waals surface area contributed by atoms with Gasteiger partial charge >= 0.3 is 0 Å². The predicted octanol–water partition coefficient (Wildman–Crippen LogP) is 3.32. The van der Waals surface area contributed by atoms with E-state index in [1.54, 1.807) is 0 Å². The van der Waals surface area contributed by atoms with Gasteiger partial charge in [0.1, 0.15) is 0 Å². The molecule has 0 spiro atoms. The summed E-state index contributed by atoms with van der Waals surface area (Å²) in [4.78, 5) is 0. The normalized spacial score (nSPS) is 14.6. The van der Waals surface area contributed by atoms with Gasteiger partial charge in [0.15, 0.2) is 0 Å². The summed E-state index contributed by atoms with van der Waals surface area (Å²) in [6, 6.07) is 9.14. The summed E-state index contributed by atoms with van der Waals surface area (Å²) in [5.74, 6) is 0. The average Bonchev–Trinajstić information content (AvgIpc) is 2.33. The number of likely N-dealkylation sites (N-methyl/N-ethyl adjacent to an activating group) is 1.